The summed E-state index contributed by atoms with van der Waals surface area (Å²) in [6.45, 7) is 5.62. The van der Waals surface area contributed by atoms with Gasteiger partial charge in [0.1, 0.15) is 10.8 Å². The number of aliphatic imine (C=N–C) groups is 1. The predicted molar refractivity (Wildman–Crippen MR) is 130 cm³/mol. The van der Waals surface area contributed by atoms with Gasteiger partial charge in [-0.3, -0.25) is 9.79 Å². The Morgan fingerprint density at radius 1 is 1.10 bits per heavy atom. The molecular weight excluding hydrogens is 513 g/mol. The molecule has 7 nitrogen and oxygen atoms in total. The van der Waals surface area contributed by atoms with E-state index in [1.807, 2.05) is 31.2 Å². The van der Waals surface area contributed by atoms with Crippen LogP contribution in [0.1, 0.15) is 37.3 Å². The van der Waals surface area contributed by atoms with Crippen molar-refractivity contribution in [1.82, 2.24) is 20.9 Å². The lowest BCUT2D eigenvalue weighted by Crippen LogP contribution is -2.36. The molecule has 0 spiro atoms. The number of nitrogens with one attached hydrogen (secondary N) is 3. The third-order valence-electron chi connectivity index (χ3n) is 4.36. The average molecular weight is 539 g/mol. The normalized spacial score (nSPS) is 11.0. The number of amides is 1. The molecule has 3 rings (SSSR count). The molecular formula is C21H26IN5O2S. The molecule has 0 radical (unpaired) electrons. The largest absolute Gasteiger partial charge is 0.467 e. The minimum absolute atomic E-state index is 0. The topological polar surface area (TPSA) is 91.5 Å². The van der Waals surface area contributed by atoms with Gasteiger partial charge in [0.25, 0.3) is 5.91 Å². The first-order valence-electron chi connectivity index (χ1n) is 9.32. The molecule has 0 aliphatic heterocycles. The number of furan rings is 1. The van der Waals surface area contributed by atoms with Crippen molar-refractivity contribution in [2.45, 2.75) is 33.5 Å². The van der Waals surface area contributed by atoms with Gasteiger partial charge in [0.15, 0.2) is 5.96 Å². The van der Waals surface area contributed by atoms with Gasteiger partial charge in [0.05, 0.1) is 25.0 Å². The quantitative estimate of drug-likeness (QED) is 0.242. The second-order valence-electron chi connectivity index (χ2n) is 6.49. The summed E-state index contributed by atoms with van der Waals surface area (Å²) >= 11 is 1.68. The molecule has 9 heteroatoms. The zero-order chi connectivity index (χ0) is 20.6. The maximum absolute atomic E-state index is 12.4. The molecule has 0 saturated carbocycles. The van der Waals surface area contributed by atoms with E-state index in [2.05, 4.69) is 32.9 Å². The molecule has 0 aliphatic carbocycles. The van der Waals surface area contributed by atoms with Crippen LogP contribution in [0.3, 0.4) is 0 Å². The van der Waals surface area contributed by atoms with Gasteiger partial charge in [0.2, 0.25) is 0 Å². The summed E-state index contributed by atoms with van der Waals surface area (Å²) in [6, 6.07) is 11.1. The van der Waals surface area contributed by atoms with Crippen LogP contribution in [0.25, 0.3) is 0 Å². The Morgan fingerprint density at radius 2 is 1.90 bits per heavy atom. The fraction of sp³-hybridized carbons (Fsp3) is 0.286. The Bertz CT molecular complexity index is 966. The summed E-state index contributed by atoms with van der Waals surface area (Å²) in [7, 11) is 1.73. The Kier molecular flexibility index (Phi) is 9.31. The smallest absolute Gasteiger partial charge is 0.251 e. The Hall–Kier alpha value is -2.40. The Morgan fingerprint density at radius 3 is 2.57 bits per heavy atom. The molecule has 1 amide bonds. The molecule has 0 aliphatic rings. The number of benzene rings is 1. The Labute approximate surface area is 197 Å². The summed E-state index contributed by atoms with van der Waals surface area (Å²) in [6.07, 6.45) is 1.59. The number of thiazole rings is 1. The van der Waals surface area contributed by atoms with Gasteiger partial charge < -0.3 is 20.4 Å². The first-order valence-corrected chi connectivity index (χ1v) is 10.1. The van der Waals surface area contributed by atoms with E-state index >= 15 is 0 Å². The molecule has 0 saturated heterocycles. The first-order chi connectivity index (χ1) is 14.0. The number of halogens is 1. The monoisotopic (exact) mass is 539 g/mol. The van der Waals surface area contributed by atoms with Crippen LogP contribution < -0.4 is 16.0 Å². The lowest BCUT2D eigenvalue weighted by molar-refractivity contribution is 0.0948. The van der Waals surface area contributed by atoms with Crippen LogP contribution in [-0.4, -0.2) is 23.9 Å². The zero-order valence-electron chi connectivity index (χ0n) is 17.2. The van der Waals surface area contributed by atoms with Crippen LogP contribution in [-0.2, 0) is 19.6 Å². The second kappa shape index (κ2) is 11.7. The number of aryl methyl sites for hydroxylation is 2. The highest BCUT2D eigenvalue weighted by Crippen LogP contribution is 2.15. The molecule has 3 aromatic rings. The van der Waals surface area contributed by atoms with Crippen molar-refractivity contribution in [2.24, 2.45) is 4.99 Å². The summed E-state index contributed by atoms with van der Waals surface area (Å²) in [5, 5.41) is 10.4. The number of aromatic nitrogens is 1. The van der Waals surface area contributed by atoms with Crippen LogP contribution >= 0.6 is 35.3 Å². The van der Waals surface area contributed by atoms with E-state index in [0.717, 1.165) is 22.0 Å². The SMILES string of the molecule is CN=C(NCc1cccc(C(=O)NCc2ccco2)c1)NCc1nc(C)c(C)s1.I. The van der Waals surface area contributed by atoms with Crippen molar-refractivity contribution >= 4 is 47.2 Å². The van der Waals surface area contributed by atoms with Crippen molar-refractivity contribution in [3.63, 3.8) is 0 Å². The second-order valence-corrected chi connectivity index (χ2v) is 7.78. The highest BCUT2D eigenvalue weighted by Gasteiger charge is 2.08. The summed E-state index contributed by atoms with van der Waals surface area (Å²) in [5.74, 6) is 1.26. The van der Waals surface area contributed by atoms with E-state index in [-0.39, 0.29) is 29.9 Å². The molecule has 2 aromatic heterocycles. The fourth-order valence-corrected chi connectivity index (χ4v) is 3.56. The molecule has 2 heterocycles. The van der Waals surface area contributed by atoms with Crippen LogP contribution in [0.2, 0.25) is 0 Å². The molecule has 0 atom stereocenters. The van der Waals surface area contributed by atoms with Gasteiger partial charge in [0, 0.05) is 24.0 Å². The minimum Gasteiger partial charge on any atom is -0.467 e. The first kappa shape index (κ1) is 23.9. The highest BCUT2D eigenvalue weighted by atomic mass is 127. The van der Waals surface area contributed by atoms with E-state index in [9.17, 15) is 4.79 Å². The van der Waals surface area contributed by atoms with Gasteiger partial charge >= 0.3 is 0 Å². The molecule has 1 aromatic carbocycles. The number of rotatable bonds is 7. The van der Waals surface area contributed by atoms with E-state index in [0.29, 0.717) is 31.2 Å². The number of guanidine groups is 1. The van der Waals surface area contributed by atoms with E-state index in [1.54, 1.807) is 36.8 Å². The van der Waals surface area contributed by atoms with Crippen LogP contribution in [0.5, 0.6) is 0 Å². The Balaban J connectivity index is 0.00000320. The number of hydrogen-bond donors (Lipinski definition) is 3. The fourth-order valence-electron chi connectivity index (χ4n) is 2.69. The predicted octanol–water partition coefficient (Wildman–Crippen LogP) is 3.77. The van der Waals surface area contributed by atoms with Crippen LogP contribution in [0, 0.1) is 13.8 Å². The third-order valence-corrected chi connectivity index (χ3v) is 5.43. The van der Waals surface area contributed by atoms with Crippen molar-refractivity contribution in [2.75, 3.05) is 7.05 Å². The highest BCUT2D eigenvalue weighted by molar-refractivity contribution is 14.0. The van der Waals surface area contributed by atoms with E-state index in [4.69, 9.17) is 4.42 Å². The summed E-state index contributed by atoms with van der Waals surface area (Å²) in [4.78, 5) is 22.4. The van der Waals surface area contributed by atoms with Crippen LogP contribution in [0.4, 0.5) is 0 Å². The van der Waals surface area contributed by atoms with Crippen molar-refractivity contribution in [3.05, 3.63) is 75.1 Å². The zero-order valence-corrected chi connectivity index (χ0v) is 20.3. The van der Waals surface area contributed by atoms with Gasteiger partial charge in [-0.25, -0.2) is 4.98 Å². The molecule has 160 valence electrons. The number of carbonyl (C=O) groups is 1. The molecule has 3 N–H and O–H groups in total. The van der Waals surface area contributed by atoms with Crippen molar-refractivity contribution < 1.29 is 9.21 Å². The third kappa shape index (κ3) is 6.84. The molecule has 0 fully saturated rings. The molecule has 0 bridgehead atoms. The maximum atomic E-state index is 12.4. The lowest BCUT2D eigenvalue weighted by atomic mass is 10.1. The van der Waals surface area contributed by atoms with Crippen LogP contribution in [0.15, 0.2) is 52.1 Å². The maximum Gasteiger partial charge on any atom is 0.251 e. The van der Waals surface area contributed by atoms with Gasteiger partial charge in [-0.1, -0.05) is 12.1 Å². The van der Waals surface area contributed by atoms with Crippen molar-refractivity contribution in [1.29, 1.82) is 0 Å². The van der Waals surface area contributed by atoms with Gasteiger partial charge in [-0.15, -0.1) is 35.3 Å². The van der Waals surface area contributed by atoms with Gasteiger partial charge in [-0.2, -0.15) is 0 Å². The van der Waals surface area contributed by atoms with Crippen molar-refractivity contribution in [3.8, 4) is 0 Å². The molecule has 30 heavy (non-hydrogen) atoms. The van der Waals surface area contributed by atoms with E-state index in [1.165, 1.54) is 4.88 Å². The standard InChI is InChI=1S/C21H25N5O2S.HI/c1-14-15(2)29-19(26-14)13-25-21(22-3)24-11-16-6-4-7-17(10-16)20(27)23-12-18-8-5-9-28-18;/h4-10H,11-13H2,1-3H3,(H,23,27)(H2,22,24,25);1H. The number of carbonyl (C=O) groups excluding carboxylic acids is 1. The van der Waals surface area contributed by atoms with E-state index < -0.39 is 0 Å². The number of hydrogen-bond acceptors (Lipinski definition) is 5. The molecule has 0 unspecified atom stereocenters. The number of nitrogens with zero attached hydrogens (tertiary/aromatic N) is 2. The summed E-state index contributed by atoms with van der Waals surface area (Å²) in [5.41, 5.74) is 2.66. The van der Waals surface area contributed by atoms with Gasteiger partial charge in [-0.05, 0) is 43.7 Å². The minimum atomic E-state index is -0.139. The summed E-state index contributed by atoms with van der Waals surface area (Å²) < 4.78 is 5.23. The average Bonchev–Trinajstić information content (AvgIpc) is 3.36. The lowest BCUT2D eigenvalue weighted by Gasteiger charge is -2.12.